The highest BCUT2D eigenvalue weighted by Gasteiger charge is 2.08. The first kappa shape index (κ1) is 17.1. The van der Waals surface area contributed by atoms with Crippen LogP contribution >= 0.6 is 24.0 Å². The number of ether oxygens (including phenoxy) is 1. The van der Waals surface area contributed by atoms with E-state index in [9.17, 15) is 0 Å². The van der Waals surface area contributed by atoms with Crippen molar-refractivity contribution in [2.45, 2.75) is 6.61 Å². The molecule has 3 rings (SSSR count). The van der Waals surface area contributed by atoms with Gasteiger partial charge in [-0.1, -0.05) is 42.4 Å². The van der Waals surface area contributed by atoms with Gasteiger partial charge in [-0.2, -0.15) is 0 Å². The molecule has 3 aromatic rings. The lowest BCUT2D eigenvalue weighted by molar-refractivity contribution is 0.305. The number of nitrogens with zero attached hydrogens (tertiary/aromatic N) is 2. The maximum absolute atomic E-state index is 6.00. The third-order valence-corrected chi connectivity index (χ3v) is 3.53. The van der Waals surface area contributed by atoms with Crippen LogP contribution in [0, 0.1) is 0 Å². The largest absolute Gasteiger partial charge is 0.488 e. The van der Waals surface area contributed by atoms with Crippen molar-refractivity contribution in [2.75, 3.05) is 0 Å². The number of para-hydroxylation sites is 1. The minimum Gasteiger partial charge on any atom is -0.488 e. The standard InChI is InChI=1S/C18H15ClN2O.ClH/c1-14(21-10-9-20-13-21)17-7-2-3-8-18(17)22-12-15-5-4-6-16(19)11-15;/h2-11,13H,1,12H2;1H. The highest BCUT2D eigenvalue weighted by atomic mass is 35.5. The first-order chi connectivity index (χ1) is 10.7. The summed E-state index contributed by atoms with van der Waals surface area (Å²) in [5.41, 5.74) is 2.78. The van der Waals surface area contributed by atoms with Crippen molar-refractivity contribution in [1.82, 2.24) is 9.55 Å². The van der Waals surface area contributed by atoms with E-state index < -0.39 is 0 Å². The van der Waals surface area contributed by atoms with Crippen LogP contribution in [-0.2, 0) is 6.61 Å². The summed E-state index contributed by atoms with van der Waals surface area (Å²) in [6, 6.07) is 15.5. The smallest absolute Gasteiger partial charge is 0.129 e. The third kappa shape index (κ3) is 4.15. The van der Waals surface area contributed by atoms with Crippen LogP contribution in [0.3, 0.4) is 0 Å². The zero-order chi connectivity index (χ0) is 15.4. The molecular formula is C18H16Cl2N2O. The monoisotopic (exact) mass is 346 g/mol. The SMILES string of the molecule is C=C(c1ccccc1OCc1cccc(Cl)c1)n1ccnc1.Cl. The number of imidazole rings is 1. The molecule has 0 aliphatic rings. The van der Waals surface area contributed by atoms with Crippen molar-refractivity contribution in [3.8, 4) is 5.75 Å². The molecule has 0 spiro atoms. The van der Waals surface area contributed by atoms with E-state index in [0.717, 1.165) is 22.6 Å². The zero-order valence-corrected chi connectivity index (χ0v) is 13.9. The number of hydrogen-bond donors (Lipinski definition) is 0. The number of halogens is 2. The molecular weight excluding hydrogens is 331 g/mol. The molecule has 0 saturated heterocycles. The average molecular weight is 347 g/mol. The molecule has 0 aliphatic heterocycles. The fourth-order valence-electron chi connectivity index (χ4n) is 2.18. The summed E-state index contributed by atoms with van der Waals surface area (Å²) in [6.45, 7) is 4.57. The van der Waals surface area contributed by atoms with Crippen LogP contribution in [-0.4, -0.2) is 9.55 Å². The van der Waals surface area contributed by atoms with Gasteiger partial charge in [-0.15, -0.1) is 12.4 Å². The van der Waals surface area contributed by atoms with E-state index in [2.05, 4.69) is 11.6 Å². The van der Waals surface area contributed by atoms with Gasteiger partial charge in [0.1, 0.15) is 12.4 Å². The first-order valence-corrected chi connectivity index (χ1v) is 7.26. The minimum atomic E-state index is 0. The van der Waals surface area contributed by atoms with Crippen molar-refractivity contribution < 1.29 is 4.74 Å². The zero-order valence-electron chi connectivity index (χ0n) is 12.4. The topological polar surface area (TPSA) is 27.1 Å². The quantitative estimate of drug-likeness (QED) is 0.645. The van der Waals surface area contributed by atoms with E-state index in [4.69, 9.17) is 16.3 Å². The van der Waals surface area contributed by atoms with Crippen LogP contribution in [0.15, 0.2) is 73.8 Å². The molecule has 0 atom stereocenters. The summed E-state index contributed by atoms with van der Waals surface area (Å²) in [5.74, 6) is 0.779. The van der Waals surface area contributed by atoms with Crippen molar-refractivity contribution in [3.05, 3.63) is 90.0 Å². The van der Waals surface area contributed by atoms with Crippen LogP contribution < -0.4 is 4.74 Å². The summed E-state index contributed by atoms with van der Waals surface area (Å²) < 4.78 is 7.81. The molecule has 0 radical (unpaired) electrons. The highest BCUT2D eigenvalue weighted by Crippen LogP contribution is 2.26. The van der Waals surface area contributed by atoms with Gasteiger partial charge in [-0.3, -0.25) is 0 Å². The van der Waals surface area contributed by atoms with Crippen LogP contribution in [0.25, 0.3) is 5.70 Å². The molecule has 1 aromatic heterocycles. The second kappa shape index (κ2) is 7.86. The Morgan fingerprint density at radius 1 is 1.17 bits per heavy atom. The highest BCUT2D eigenvalue weighted by molar-refractivity contribution is 6.30. The van der Waals surface area contributed by atoms with Crippen LogP contribution in [0.4, 0.5) is 0 Å². The van der Waals surface area contributed by atoms with E-state index in [1.165, 1.54) is 0 Å². The Bertz CT molecular complexity index is 785. The average Bonchev–Trinajstić information content (AvgIpc) is 3.07. The second-order valence-corrected chi connectivity index (χ2v) is 5.27. The molecule has 0 fully saturated rings. The Kier molecular flexibility index (Phi) is 5.85. The lowest BCUT2D eigenvalue weighted by atomic mass is 10.1. The Morgan fingerprint density at radius 3 is 2.74 bits per heavy atom. The maximum Gasteiger partial charge on any atom is 0.129 e. The number of hydrogen-bond acceptors (Lipinski definition) is 2. The molecule has 0 saturated carbocycles. The molecule has 3 nitrogen and oxygen atoms in total. The van der Waals surface area contributed by atoms with Gasteiger partial charge < -0.3 is 9.30 Å². The van der Waals surface area contributed by atoms with E-state index in [1.54, 1.807) is 12.5 Å². The van der Waals surface area contributed by atoms with Gasteiger partial charge in [-0.25, -0.2) is 4.98 Å². The molecule has 0 unspecified atom stereocenters. The number of benzene rings is 2. The first-order valence-electron chi connectivity index (χ1n) is 6.88. The van der Waals surface area contributed by atoms with Gasteiger partial charge in [0.05, 0.1) is 12.0 Å². The molecule has 2 aromatic carbocycles. The fourth-order valence-corrected chi connectivity index (χ4v) is 2.39. The lowest BCUT2D eigenvalue weighted by Crippen LogP contribution is -2.01. The van der Waals surface area contributed by atoms with E-state index in [0.29, 0.717) is 11.6 Å². The molecule has 0 amide bonds. The Balaban J connectivity index is 0.00000192. The van der Waals surface area contributed by atoms with Crippen LogP contribution in [0.1, 0.15) is 11.1 Å². The Hall–Kier alpha value is -2.23. The predicted molar refractivity (Wildman–Crippen MR) is 96.1 cm³/mol. The summed E-state index contributed by atoms with van der Waals surface area (Å²) in [4.78, 5) is 4.05. The number of aromatic nitrogens is 2. The van der Waals surface area contributed by atoms with Crippen molar-refractivity contribution in [2.24, 2.45) is 0 Å². The lowest BCUT2D eigenvalue weighted by Gasteiger charge is -2.14. The van der Waals surface area contributed by atoms with Gasteiger partial charge in [0.25, 0.3) is 0 Å². The van der Waals surface area contributed by atoms with Crippen molar-refractivity contribution in [3.63, 3.8) is 0 Å². The van der Waals surface area contributed by atoms with Gasteiger partial charge in [-0.05, 0) is 29.8 Å². The number of rotatable bonds is 5. The summed E-state index contributed by atoms with van der Waals surface area (Å²) in [6.07, 6.45) is 5.30. The summed E-state index contributed by atoms with van der Waals surface area (Å²) in [7, 11) is 0. The molecule has 1 heterocycles. The fraction of sp³-hybridized carbons (Fsp3) is 0.0556. The Morgan fingerprint density at radius 2 is 2.00 bits per heavy atom. The molecule has 0 aliphatic carbocycles. The normalized spacial score (nSPS) is 9.96. The van der Waals surface area contributed by atoms with Crippen molar-refractivity contribution in [1.29, 1.82) is 0 Å². The molecule has 0 bridgehead atoms. The van der Waals surface area contributed by atoms with Gasteiger partial charge >= 0.3 is 0 Å². The van der Waals surface area contributed by atoms with E-state index >= 15 is 0 Å². The molecule has 118 valence electrons. The van der Waals surface area contributed by atoms with E-state index in [-0.39, 0.29) is 12.4 Å². The van der Waals surface area contributed by atoms with Crippen molar-refractivity contribution >= 4 is 29.7 Å². The van der Waals surface area contributed by atoms with Gasteiger partial charge in [0, 0.05) is 23.0 Å². The molecule has 23 heavy (non-hydrogen) atoms. The molecule has 0 N–H and O–H groups in total. The Labute approximate surface area is 146 Å². The summed E-state index contributed by atoms with van der Waals surface area (Å²) in [5, 5.41) is 0.706. The predicted octanol–water partition coefficient (Wildman–Crippen LogP) is 5.06. The molecule has 5 heteroatoms. The third-order valence-electron chi connectivity index (χ3n) is 3.30. The second-order valence-electron chi connectivity index (χ2n) is 4.83. The van der Waals surface area contributed by atoms with Gasteiger partial charge in [0.15, 0.2) is 0 Å². The van der Waals surface area contributed by atoms with Gasteiger partial charge in [0.2, 0.25) is 0 Å². The minimum absolute atomic E-state index is 0. The van der Waals surface area contributed by atoms with Crippen LogP contribution in [0.5, 0.6) is 5.75 Å². The summed E-state index contributed by atoms with van der Waals surface area (Å²) >= 11 is 6.00. The van der Waals surface area contributed by atoms with Crippen LogP contribution in [0.2, 0.25) is 5.02 Å². The van der Waals surface area contributed by atoms with E-state index in [1.807, 2.05) is 59.3 Å². The maximum atomic E-state index is 6.00.